The number of carbonyl (C=O) groups is 1. The molecule has 28 heavy (non-hydrogen) atoms. The number of piperidine rings is 1. The van der Waals surface area contributed by atoms with Gasteiger partial charge in [-0.2, -0.15) is 0 Å². The van der Waals surface area contributed by atoms with Gasteiger partial charge in [0, 0.05) is 38.3 Å². The van der Waals surface area contributed by atoms with E-state index in [4.69, 9.17) is 9.47 Å². The number of methoxy groups -OCH3 is 1. The van der Waals surface area contributed by atoms with E-state index in [0.29, 0.717) is 32.5 Å². The summed E-state index contributed by atoms with van der Waals surface area (Å²) >= 11 is 0. The zero-order chi connectivity index (χ0) is 20.1. The number of sulfonamides is 1. The lowest BCUT2D eigenvalue weighted by Crippen LogP contribution is -2.47. The van der Waals surface area contributed by atoms with Crippen LogP contribution in [-0.4, -0.2) is 69.2 Å². The number of hydrogen-bond acceptors (Lipinski definition) is 5. The molecule has 1 amide bonds. The molecular formula is C20H30N2O5S. The molecule has 156 valence electrons. The average Bonchev–Trinajstić information content (AvgIpc) is 3.20. The van der Waals surface area contributed by atoms with Gasteiger partial charge in [0.15, 0.2) is 0 Å². The molecular weight excluding hydrogens is 380 g/mol. The minimum atomic E-state index is -3.29. The van der Waals surface area contributed by atoms with E-state index >= 15 is 0 Å². The molecule has 0 bridgehead atoms. The van der Waals surface area contributed by atoms with Crippen LogP contribution >= 0.6 is 0 Å². The second kappa shape index (κ2) is 9.24. The predicted molar refractivity (Wildman–Crippen MR) is 107 cm³/mol. The smallest absolute Gasteiger partial charge is 0.227 e. The number of ether oxygens (including phenoxy) is 2. The average molecular weight is 411 g/mol. The number of benzene rings is 1. The Hall–Kier alpha value is -1.64. The van der Waals surface area contributed by atoms with Gasteiger partial charge < -0.3 is 14.4 Å². The summed E-state index contributed by atoms with van der Waals surface area (Å²) in [5.41, 5.74) is 0.937. The maximum absolute atomic E-state index is 13.4. The zero-order valence-electron chi connectivity index (χ0n) is 16.7. The van der Waals surface area contributed by atoms with Crippen molar-refractivity contribution in [2.24, 2.45) is 5.92 Å². The number of carbonyl (C=O) groups excluding carboxylic acids is 1. The molecule has 0 N–H and O–H groups in total. The number of nitrogens with zero attached hydrogens (tertiary/aromatic N) is 2. The van der Waals surface area contributed by atoms with E-state index in [1.165, 1.54) is 10.6 Å². The Morgan fingerprint density at radius 1 is 1.29 bits per heavy atom. The zero-order valence-corrected chi connectivity index (χ0v) is 17.5. The van der Waals surface area contributed by atoms with Crippen LogP contribution in [0.3, 0.4) is 0 Å². The topological polar surface area (TPSA) is 76.2 Å². The standard InChI is InChI=1S/C20H30N2O5S/c1-26-19-10-4-3-7-16(19)13-21(15-18-9-6-12-27-18)20(23)17-8-5-11-22(14-17)28(2,24)25/h3-4,7,10,17-18H,5-6,8-9,11-15H2,1-2H3. The Morgan fingerprint density at radius 2 is 2.07 bits per heavy atom. The fourth-order valence-electron chi connectivity index (χ4n) is 4.01. The minimum absolute atomic E-state index is 0.00486. The van der Waals surface area contributed by atoms with Crippen LogP contribution in [0, 0.1) is 5.92 Å². The van der Waals surface area contributed by atoms with Crippen LogP contribution in [0.5, 0.6) is 5.75 Å². The summed E-state index contributed by atoms with van der Waals surface area (Å²) in [7, 11) is -1.67. The highest BCUT2D eigenvalue weighted by Crippen LogP contribution is 2.25. The third-order valence-corrected chi connectivity index (χ3v) is 6.79. The first-order valence-electron chi connectivity index (χ1n) is 9.86. The second-order valence-corrected chi connectivity index (χ2v) is 9.61. The summed E-state index contributed by atoms with van der Waals surface area (Å²) < 4.78 is 36.5. The molecule has 0 aromatic heterocycles. The molecule has 2 fully saturated rings. The summed E-state index contributed by atoms with van der Waals surface area (Å²) in [5, 5.41) is 0. The molecule has 7 nitrogen and oxygen atoms in total. The predicted octanol–water partition coefficient (Wildman–Crippen LogP) is 1.87. The minimum Gasteiger partial charge on any atom is -0.496 e. The summed E-state index contributed by atoms with van der Waals surface area (Å²) in [6.07, 6.45) is 4.60. The lowest BCUT2D eigenvalue weighted by molar-refractivity contribution is -0.139. The van der Waals surface area contributed by atoms with Crippen molar-refractivity contribution in [1.82, 2.24) is 9.21 Å². The normalized spacial score (nSPS) is 23.5. The van der Waals surface area contributed by atoms with E-state index in [-0.39, 0.29) is 24.5 Å². The van der Waals surface area contributed by atoms with Gasteiger partial charge in [-0.3, -0.25) is 4.79 Å². The Balaban J connectivity index is 1.78. The Bertz CT molecular complexity index is 777. The van der Waals surface area contributed by atoms with Crippen molar-refractivity contribution >= 4 is 15.9 Å². The van der Waals surface area contributed by atoms with E-state index in [2.05, 4.69) is 0 Å². The number of rotatable bonds is 7. The second-order valence-electron chi connectivity index (χ2n) is 7.63. The molecule has 1 aromatic carbocycles. The molecule has 2 heterocycles. The van der Waals surface area contributed by atoms with E-state index in [9.17, 15) is 13.2 Å². The molecule has 0 aliphatic carbocycles. The maximum atomic E-state index is 13.4. The summed E-state index contributed by atoms with van der Waals surface area (Å²) in [6.45, 7) is 2.42. The van der Waals surface area contributed by atoms with E-state index in [1.807, 2.05) is 29.2 Å². The number of amides is 1. The lowest BCUT2D eigenvalue weighted by atomic mass is 9.97. The molecule has 0 radical (unpaired) electrons. The van der Waals surface area contributed by atoms with Gasteiger partial charge in [-0.25, -0.2) is 12.7 Å². The Labute approximate surface area is 167 Å². The van der Waals surface area contributed by atoms with Crippen LogP contribution in [0.25, 0.3) is 0 Å². The van der Waals surface area contributed by atoms with Crippen molar-refractivity contribution < 1.29 is 22.7 Å². The van der Waals surface area contributed by atoms with Gasteiger partial charge in [-0.1, -0.05) is 18.2 Å². The molecule has 1 aromatic rings. The van der Waals surface area contributed by atoms with Crippen molar-refractivity contribution in [3.63, 3.8) is 0 Å². The summed E-state index contributed by atoms with van der Waals surface area (Å²) in [5.74, 6) is 0.420. The van der Waals surface area contributed by atoms with E-state index < -0.39 is 10.0 Å². The van der Waals surface area contributed by atoms with Gasteiger partial charge in [0.2, 0.25) is 15.9 Å². The van der Waals surface area contributed by atoms with Crippen molar-refractivity contribution in [1.29, 1.82) is 0 Å². The first kappa shape index (κ1) is 21.1. The highest BCUT2D eigenvalue weighted by Gasteiger charge is 2.34. The maximum Gasteiger partial charge on any atom is 0.227 e. The van der Waals surface area contributed by atoms with Gasteiger partial charge in [0.1, 0.15) is 5.75 Å². The van der Waals surface area contributed by atoms with Gasteiger partial charge in [0.25, 0.3) is 0 Å². The van der Waals surface area contributed by atoms with E-state index in [1.54, 1.807) is 7.11 Å². The highest BCUT2D eigenvalue weighted by molar-refractivity contribution is 7.88. The first-order valence-corrected chi connectivity index (χ1v) is 11.7. The van der Waals surface area contributed by atoms with Crippen molar-refractivity contribution in [2.45, 2.75) is 38.3 Å². The summed E-state index contributed by atoms with van der Waals surface area (Å²) in [6, 6.07) is 7.67. The van der Waals surface area contributed by atoms with Gasteiger partial charge in [0.05, 0.1) is 25.4 Å². The van der Waals surface area contributed by atoms with Crippen LogP contribution in [0.2, 0.25) is 0 Å². The SMILES string of the molecule is COc1ccccc1CN(CC1CCCO1)C(=O)C1CCCN(S(C)(=O)=O)C1. The monoisotopic (exact) mass is 410 g/mol. The number of hydrogen-bond donors (Lipinski definition) is 0. The van der Waals surface area contributed by atoms with Crippen molar-refractivity contribution in [2.75, 3.05) is 39.6 Å². The molecule has 8 heteroatoms. The van der Waals surface area contributed by atoms with Crippen LogP contribution in [0.1, 0.15) is 31.2 Å². The third-order valence-electron chi connectivity index (χ3n) is 5.52. The summed E-state index contributed by atoms with van der Waals surface area (Å²) in [4.78, 5) is 15.2. The molecule has 2 unspecified atom stereocenters. The molecule has 3 rings (SSSR count). The van der Waals surface area contributed by atoms with E-state index in [0.717, 1.165) is 30.8 Å². The first-order chi connectivity index (χ1) is 13.4. The Kier molecular flexibility index (Phi) is 6.95. The molecule has 2 aliphatic rings. The highest BCUT2D eigenvalue weighted by atomic mass is 32.2. The number of para-hydroxylation sites is 1. The fraction of sp³-hybridized carbons (Fsp3) is 0.650. The van der Waals surface area contributed by atoms with Gasteiger partial charge >= 0.3 is 0 Å². The molecule has 0 spiro atoms. The third kappa shape index (κ3) is 5.24. The van der Waals surface area contributed by atoms with Crippen LogP contribution < -0.4 is 4.74 Å². The molecule has 2 aliphatic heterocycles. The lowest BCUT2D eigenvalue weighted by Gasteiger charge is -2.34. The molecule has 0 saturated carbocycles. The van der Waals surface area contributed by atoms with Gasteiger partial charge in [-0.15, -0.1) is 0 Å². The van der Waals surface area contributed by atoms with Crippen LogP contribution in [0.15, 0.2) is 24.3 Å². The fourth-order valence-corrected chi connectivity index (χ4v) is 4.92. The van der Waals surface area contributed by atoms with Crippen molar-refractivity contribution in [3.05, 3.63) is 29.8 Å². The largest absolute Gasteiger partial charge is 0.496 e. The van der Waals surface area contributed by atoms with Crippen LogP contribution in [-0.2, 0) is 26.1 Å². The molecule has 2 atom stereocenters. The van der Waals surface area contributed by atoms with Crippen LogP contribution in [0.4, 0.5) is 0 Å². The Morgan fingerprint density at radius 3 is 2.75 bits per heavy atom. The van der Waals surface area contributed by atoms with Crippen molar-refractivity contribution in [3.8, 4) is 5.75 Å². The quantitative estimate of drug-likeness (QED) is 0.686. The molecule has 2 saturated heterocycles. The van der Waals surface area contributed by atoms with Gasteiger partial charge in [-0.05, 0) is 31.7 Å².